The number of aryl methyl sites for hydroxylation is 1. The molecule has 7 heteroatoms. The zero-order valence-electron chi connectivity index (χ0n) is 15.9. The van der Waals surface area contributed by atoms with Gasteiger partial charge in [0.25, 0.3) is 5.91 Å². The lowest BCUT2D eigenvalue weighted by molar-refractivity contribution is -0.143. The van der Waals surface area contributed by atoms with Crippen molar-refractivity contribution in [2.24, 2.45) is 11.8 Å². The predicted octanol–water partition coefficient (Wildman–Crippen LogP) is 2.81. The van der Waals surface area contributed by atoms with E-state index in [2.05, 4.69) is 5.32 Å². The summed E-state index contributed by atoms with van der Waals surface area (Å²) in [5, 5.41) is 12.2. The van der Waals surface area contributed by atoms with Crippen molar-refractivity contribution in [1.82, 2.24) is 9.80 Å². The number of carboxylic acids is 1. The van der Waals surface area contributed by atoms with E-state index in [0.717, 1.165) is 31.5 Å². The van der Waals surface area contributed by atoms with Gasteiger partial charge in [-0.3, -0.25) is 9.59 Å². The molecule has 0 aliphatic carbocycles. The number of nitrogens with one attached hydrogen (secondary N) is 1. The Bertz CT molecular complexity index is 743. The van der Waals surface area contributed by atoms with Crippen LogP contribution in [-0.2, 0) is 4.79 Å². The van der Waals surface area contributed by atoms with Gasteiger partial charge in [0.15, 0.2) is 0 Å². The maximum atomic E-state index is 12.9. The van der Waals surface area contributed by atoms with Gasteiger partial charge in [-0.15, -0.1) is 0 Å². The molecule has 3 amide bonds. The number of carbonyl (C=O) groups excluding carboxylic acids is 2. The number of anilines is 1. The minimum atomic E-state index is -0.875. The Morgan fingerprint density at radius 2 is 1.81 bits per heavy atom. The van der Waals surface area contributed by atoms with Crippen molar-refractivity contribution >= 4 is 23.6 Å². The number of carbonyl (C=O) groups is 3. The van der Waals surface area contributed by atoms with Crippen LogP contribution in [0.3, 0.4) is 0 Å². The van der Waals surface area contributed by atoms with Crippen LogP contribution in [0.15, 0.2) is 18.2 Å². The van der Waals surface area contributed by atoms with Crippen LogP contribution in [-0.4, -0.2) is 59.0 Å². The lowest BCUT2D eigenvalue weighted by Gasteiger charge is -2.35. The molecule has 0 radical (unpaired) electrons. The molecule has 1 aromatic rings. The number of aliphatic carboxylic acids is 1. The minimum absolute atomic E-state index is 0.0677. The number of para-hydroxylation sites is 1. The Balaban J connectivity index is 1.79. The van der Waals surface area contributed by atoms with E-state index in [1.807, 2.05) is 30.9 Å². The summed E-state index contributed by atoms with van der Waals surface area (Å²) in [5.41, 5.74) is 1.82. The molecular formula is C20H27N3O4. The first-order valence-electron chi connectivity index (χ1n) is 9.54. The Kier molecular flexibility index (Phi) is 5.68. The summed E-state index contributed by atoms with van der Waals surface area (Å²) in [5.74, 6) is -1.38. The maximum Gasteiger partial charge on any atom is 0.321 e. The fraction of sp³-hybridized carbons (Fsp3) is 0.550. The standard InChI is InChI=1S/C20H27N3O4/c1-13-10-15(19(25)26)12-23(11-13)20(27)21-17-14(2)6-5-7-16(17)18(24)22-8-3-4-9-22/h5-7,13,15H,3-4,8-12H2,1-2H3,(H,21,27)(H,25,26). The van der Waals surface area contributed by atoms with E-state index in [0.29, 0.717) is 24.2 Å². The third kappa shape index (κ3) is 4.23. The summed E-state index contributed by atoms with van der Waals surface area (Å²) in [4.78, 5) is 40.4. The lowest BCUT2D eigenvalue weighted by Crippen LogP contribution is -2.47. The first-order chi connectivity index (χ1) is 12.9. The van der Waals surface area contributed by atoms with E-state index in [9.17, 15) is 19.5 Å². The normalized spacial score (nSPS) is 22.6. The van der Waals surface area contributed by atoms with Gasteiger partial charge in [-0.05, 0) is 43.7 Å². The van der Waals surface area contributed by atoms with Gasteiger partial charge in [0, 0.05) is 26.2 Å². The second-order valence-corrected chi connectivity index (χ2v) is 7.71. The molecule has 2 N–H and O–H groups in total. The molecule has 0 saturated carbocycles. The molecule has 2 aliphatic rings. The highest BCUT2D eigenvalue weighted by Crippen LogP contribution is 2.26. The third-order valence-corrected chi connectivity index (χ3v) is 5.42. The molecule has 2 unspecified atom stereocenters. The molecule has 2 fully saturated rings. The monoisotopic (exact) mass is 373 g/mol. The number of hydrogen-bond donors (Lipinski definition) is 2. The number of piperidine rings is 1. The summed E-state index contributed by atoms with van der Waals surface area (Å²) in [6.45, 7) is 5.98. The highest BCUT2D eigenvalue weighted by Gasteiger charge is 2.32. The van der Waals surface area contributed by atoms with Gasteiger partial charge in [0.1, 0.15) is 0 Å². The number of hydrogen-bond acceptors (Lipinski definition) is 3. The molecule has 0 aromatic heterocycles. The summed E-state index contributed by atoms with van der Waals surface area (Å²) < 4.78 is 0. The summed E-state index contributed by atoms with van der Waals surface area (Å²) in [6, 6.07) is 5.06. The van der Waals surface area contributed by atoms with Crippen molar-refractivity contribution in [2.75, 3.05) is 31.5 Å². The molecular weight excluding hydrogens is 346 g/mol. The van der Waals surface area contributed by atoms with Gasteiger partial charge >= 0.3 is 12.0 Å². The van der Waals surface area contributed by atoms with Crippen molar-refractivity contribution in [2.45, 2.75) is 33.1 Å². The third-order valence-electron chi connectivity index (χ3n) is 5.42. The van der Waals surface area contributed by atoms with Gasteiger partial charge < -0.3 is 20.2 Å². The predicted molar refractivity (Wildman–Crippen MR) is 102 cm³/mol. The molecule has 3 rings (SSSR count). The van der Waals surface area contributed by atoms with Crippen LogP contribution in [0.1, 0.15) is 42.1 Å². The second kappa shape index (κ2) is 7.98. The Hall–Kier alpha value is -2.57. The first kappa shape index (κ1) is 19.2. The molecule has 2 heterocycles. The average Bonchev–Trinajstić information content (AvgIpc) is 3.16. The van der Waals surface area contributed by atoms with Crippen LogP contribution in [0.4, 0.5) is 10.5 Å². The van der Waals surface area contributed by atoms with E-state index in [1.165, 1.54) is 0 Å². The molecule has 7 nitrogen and oxygen atoms in total. The molecule has 0 spiro atoms. The first-order valence-corrected chi connectivity index (χ1v) is 9.54. The van der Waals surface area contributed by atoms with Gasteiger partial charge in [0.05, 0.1) is 17.2 Å². The summed E-state index contributed by atoms with van der Waals surface area (Å²) in [7, 11) is 0. The zero-order chi connectivity index (χ0) is 19.6. The van der Waals surface area contributed by atoms with Crippen LogP contribution in [0.5, 0.6) is 0 Å². The van der Waals surface area contributed by atoms with Crippen LogP contribution < -0.4 is 5.32 Å². The molecule has 2 atom stereocenters. The average molecular weight is 373 g/mol. The number of benzene rings is 1. The topological polar surface area (TPSA) is 90.0 Å². The van der Waals surface area contributed by atoms with E-state index >= 15 is 0 Å². The Labute approximate surface area is 159 Å². The molecule has 0 bridgehead atoms. The van der Waals surface area contributed by atoms with Gasteiger partial charge in [-0.2, -0.15) is 0 Å². The fourth-order valence-electron chi connectivity index (χ4n) is 3.98. The van der Waals surface area contributed by atoms with Crippen LogP contribution >= 0.6 is 0 Å². The smallest absolute Gasteiger partial charge is 0.321 e. The number of likely N-dealkylation sites (tertiary alicyclic amines) is 2. The number of amides is 3. The number of nitrogens with zero attached hydrogens (tertiary/aromatic N) is 2. The van der Waals surface area contributed by atoms with Crippen molar-refractivity contribution in [3.63, 3.8) is 0 Å². The van der Waals surface area contributed by atoms with Gasteiger partial charge in [-0.25, -0.2) is 4.79 Å². The molecule has 1 aromatic carbocycles. The van der Waals surface area contributed by atoms with Crippen LogP contribution in [0.2, 0.25) is 0 Å². The SMILES string of the molecule is Cc1cccc(C(=O)N2CCCC2)c1NC(=O)N1CC(C)CC(C(=O)O)C1. The number of rotatable bonds is 3. The number of urea groups is 1. The van der Waals surface area contributed by atoms with Crippen molar-refractivity contribution in [3.05, 3.63) is 29.3 Å². The molecule has 27 heavy (non-hydrogen) atoms. The second-order valence-electron chi connectivity index (χ2n) is 7.71. The van der Waals surface area contributed by atoms with E-state index < -0.39 is 11.9 Å². The van der Waals surface area contributed by atoms with Crippen LogP contribution in [0, 0.1) is 18.8 Å². The molecule has 146 valence electrons. The zero-order valence-corrected chi connectivity index (χ0v) is 15.9. The van der Waals surface area contributed by atoms with E-state index in [4.69, 9.17) is 0 Å². The Morgan fingerprint density at radius 3 is 2.48 bits per heavy atom. The highest BCUT2D eigenvalue weighted by atomic mass is 16.4. The Morgan fingerprint density at radius 1 is 1.11 bits per heavy atom. The molecule has 2 aliphatic heterocycles. The van der Waals surface area contributed by atoms with E-state index in [1.54, 1.807) is 11.0 Å². The summed E-state index contributed by atoms with van der Waals surface area (Å²) in [6.07, 6.45) is 2.57. The minimum Gasteiger partial charge on any atom is -0.481 e. The van der Waals surface area contributed by atoms with Gasteiger partial charge in [-0.1, -0.05) is 19.1 Å². The van der Waals surface area contributed by atoms with Gasteiger partial charge in [0.2, 0.25) is 0 Å². The molecule has 2 saturated heterocycles. The largest absolute Gasteiger partial charge is 0.481 e. The quantitative estimate of drug-likeness (QED) is 0.852. The highest BCUT2D eigenvalue weighted by molar-refractivity contribution is 6.04. The fourth-order valence-corrected chi connectivity index (χ4v) is 3.98. The van der Waals surface area contributed by atoms with Crippen molar-refractivity contribution < 1.29 is 19.5 Å². The van der Waals surface area contributed by atoms with Crippen molar-refractivity contribution in [3.8, 4) is 0 Å². The lowest BCUT2D eigenvalue weighted by atomic mass is 9.91. The number of carboxylic acid groups (broad SMARTS) is 1. The summed E-state index contributed by atoms with van der Waals surface area (Å²) >= 11 is 0. The maximum absolute atomic E-state index is 12.9. The van der Waals surface area contributed by atoms with Crippen molar-refractivity contribution in [1.29, 1.82) is 0 Å². The van der Waals surface area contributed by atoms with Crippen LogP contribution in [0.25, 0.3) is 0 Å². The van der Waals surface area contributed by atoms with E-state index in [-0.39, 0.29) is 24.4 Å².